The molecule has 1 rings (SSSR count). The highest BCUT2D eigenvalue weighted by Gasteiger charge is 2.09. The molecule has 0 amide bonds. The van der Waals surface area contributed by atoms with Gasteiger partial charge in [0.2, 0.25) is 0 Å². The highest BCUT2D eigenvalue weighted by atomic mass is 16.4. The van der Waals surface area contributed by atoms with E-state index in [1.165, 1.54) is 5.56 Å². The quantitative estimate of drug-likeness (QED) is 0.787. The van der Waals surface area contributed by atoms with Crippen molar-refractivity contribution in [3.63, 3.8) is 0 Å². The summed E-state index contributed by atoms with van der Waals surface area (Å²) in [6, 6.07) is 6.21. The zero-order valence-electron chi connectivity index (χ0n) is 10.1. The first kappa shape index (κ1) is 12.5. The van der Waals surface area contributed by atoms with Crippen molar-refractivity contribution in [1.82, 2.24) is 0 Å². The van der Waals surface area contributed by atoms with Crippen LogP contribution in [0.5, 0.6) is 0 Å². The van der Waals surface area contributed by atoms with Gasteiger partial charge in [-0.25, -0.2) is 4.79 Å². The van der Waals surface area contributed by atoms with Crippen LogP contribution in [0, 0.1) is 6.92 Å². The zero-order chi connectivity index (χ0) is 12.3. The summed E-state index contributed by atoms with van der Waals surface area (Å²) < 4.78 is 0. The molecule has 0 bridgehead atoms. The van der Waals surface area contributed by atoms with Crippen LogP contribution < -0.4 is 0 Å². The highest BCUT2D eigenvalue weighted by molar-refractivity contribution is 5.86. The van der Waals surface area contributed by atoms with Gasteiger partial charge in [-0.2, -0.15) is 0 Å². The lowest BCUT2D eigenvalue weighted by Crippen LogP contribution is -2.04. The van der Waals surface area contributed by atoms with E-state index in [0.29, 0.717) is 12.3 Å². The number of hydrogen-bond acceptors (Lipinski definition) is 1. The maximum absolute atomic E-state index is 10.7. The van der Waals surface area contributed by atoms with E-state index in [0.717, 1.165) is 11.1 Å². The summed E-state index contributed by atoms with van der Waals surface area (Å²) in [4.78, 5) is 10.7. The van der Waals surface area contributed by atoms with E-state index in [2.05, 4.69) is 32.6 Å². The highest BCUT2D eigenvalue weighted by Crippen LogP contribution is 2.20. The molecule has 0 aliphatic heterocycles. The predicted molar refractivity (Wildman–Crippen MR) is 65.7 cm³/mol. The maximum Gasteiger partial charge on any atom is 0.331 e. The predicted octanol–water partition coefficient (Wildman–Crippen LogP) is 3.30. The molecule has 86 valence electrons. The molecule has 0 aromatic heterocycles. The first-order valence-electron chi connectivity index (χ1n) is 5.42. The molecule has 0 unspecified atom stereocenters. The number of rotatable bonds is 4. The lowest BCUT2D eigenvalue weighted by Gasteiger charge is -2.11. The average molecular weight is 218 g/mol. The Hall–Kier alpha value is -1.57. The molecule has 16 heavy (non-hydrogen) atoms. The van der Waals surface area contributed by atoms with Gasteiger partial charge in [-0.1, -0.05) is 38.6 Å². The molecule has 2 nitrogen and oxygen atoms in total. The van der Waals surface area contributed by atoms with Crippen LogP contribution >= 0.6 is 0 Å². The molecule has 0 heterocycles. The molecular formula is C14H18O2. The third kappa shape index (κ3) is 2.96. The molecular weight excluding hydrogens is 200 g/mol. The van der Waals surface area contributed by atoms with E-state index in [1.807, 2.05) is 13.0 Å². The topological polar surface area (TPSA) is 37.3 Å². The van der Waals surface area contributed by atoms with E-state index in [4.69, 9.17) is 5.11 Å². The number of benzene rings is 1. The SMILES string of the molecule is C=C(Cc1cc(C(C)C)ccc1C)C(=O)O. The molecule has 1 aromatic rings. The van der Waals surface area contributed by atoms with Crippen molar-refractivity contribution < 1.29 is 9.90 Å². The van der Waals surface area contributed by atoms with E-state index in [-0.39, 0.29) is 5.57 Å². The average Bonchev–Trinajstić information content (AvgIpc) is 2.20. The second kappa shape index (κ2) is 4.97. The first-order valence-corrected chi connectivity index (χ1v) is 5.42. The minimum absolute atomic E-state index is 0.240. The third-order valence-electron chi connectivity index (χ3n) is 2.75. The van der Waals surface area contributed by atoms with Gasteiger partial charge in [0, 0.05) is 12.0 Å². The van der Waals surface area contributed by atoms with Gasteiger partial charge in [-0.3, -0.25) is 0 Å². The van der Waals surface area contributed by atoms with Crippen LogP contribution in [0.4, 0.5) is 0 Å². The Morgan fingerprint density at radius 2 is 2.06 bits per heavy atom. The second-order valence-corrected chi connectivity index (χ2v) is 4.43. The van der Waals surface area contributed by atoms with Crippen LogP contribution in [-0.4, -0.2) is 11.1 Å². The van der Waals surface area contributed by atoms with Crippen molar-refractivity contribution >= 4 is 5.97 Å². The van der Waals surface area contributed by atoms with Crippen molar-refractivity contribution in [2.75, 3.05) is 0 Å². The molecule has 0 spiro atoms. The Kier molecular flexibility index (Phi) is 3.88. The van der Waals surface area contributed by atoms with Gasteiger partial charge < -0.3 is 5.11 Å². The lowest BCUT2D eigenvalue weighted by atomic mass is 9.94. The Morgan fingerprint density at radius 3 is 2.56 bits per heavy atom. The monoisotopic (exact) mass is 218 g/mol. The number of carboxylic acid groups (broad SMARTS) is 1. The molecule has 0 aliphatic rings. The minimum Gasteiger partial charge on any atom is -0.478 e. The summed E-state index contributed by atoms with van der Waals surface area (Å²) in [5, 5.41) is 8.81. The van der Waals surface area contributed by atoms with Crippen molar-refractivity contribution in [2.45, 2.75) is 33.1 Å². The van der Waals surface area contributed by atoms with Crippen molar-refractivity contribution in [1.29, 1.82) is 0 Å². The van der Waals surface area contributed by atoms with Gasteiger partial charge in [-0.15, -0.1) is 0 Å². The molecule has 0 saturated heterocycles. The van der Waals surface area contributed by atoms with Crippen LogP contribution in [0.25, 0.3) is 0 Å². The van der Waals surface area contributed by atoms with Crippen LogP contribution in [0.3, 0.4) is 0 Å². The summed E-state index contributed by atoms with van der Waals surface area (Å²) in [7, 11) is 0. The maximum atomic E-state index is 10.7. The smallest absolute Gasteiger partial charge is 0.331 e. The number of aliphatic carboxylic acids is 1. The molecule has 0 fully saturated rings. The minimum atomic E-state index is -0.922. The van der Waals surface area contributed by atoms with Crippen molar-refractivity contribution in [3.05, 3.63) is 47.0 Å². The van der Waals surface area contributed by atoms with Gasteiger partial charge in [0.1, 0.15) is 0 Å². The lowest BCUT2D eigenvalue weighted by molar-refractivity contribution is -0.132. The fourth-order valence-corrected chi connectivity index (χ4v) is 1.55. The molecule has 2 heteroatoms. The largest absolute Gasteiger partial charge is 0.478 e. The summed E-state index contributed by atoms with van der Waals surface area (Å²) in [5.41, 5.74) is 3.65. The molecule has 0 radical (unpaired) electrons. The Morgan fingerprint density at radius 1 is 1.44 bits per heavy atom. The van der Waals surface area contributed by atoms with E-state index in [9.17, 15) is 4.79 Å². The van der Waals surface area contributed by atoms with Gasteiger partial charge in [0.15, 0.2) is 0 Å². The van der Waals surface area contributed by atoms with Crippen LogP contribution in [0.1, 0.15) is 36.5 Å². The molecule has 1 aromatic carbocycles. The number of carboxylic acids is 1. The number of carbonyl (C=O) groups is 1. The molecule has 0 saturated carbocycles. The van der Waals surface area contributed by atoms with Crippen molar-refractivity contribution in [3.8, 4) is 0 Å². The van der Waals surface area contributed by atoms with E-state index < -0.39 is 5.97 Å². The normalized spacial score (nSPS) is 10.5. The zero-order valence-corrected chi connectivity index (χ0v) is 10.1. The van der Waals surface area contributed by atoms with Gasteiger partial charge >= 0.3 is 5.97 Å². The summed E-state index contributed by atoms with van der Waals surface area (Å²) >= 11 is 0. The first-order chi connectivity index (χ1) is 7.41. The molecule has 0 aliphatic carbocycles. The van der Waals surface area contributed by atoms with Crippen LogP contribution in [0.2, 0.25) is 0 Å². The Bertz CT molecular complexity index is 417. The van der Waals surface area contributed by atoms with E-state index in [1.54, 1.807) is 0 Å². The Labute approximate surface area is 96.6 Å². The molecule has 1 N–H and O–H groups in total. The third-order valence-corrected chi connectivity index (χ3v) is 2.75. The van der Waals surface area contributed by atoms with Crippen LogP contribution in [0.15, 0.2) is 30.4 Å². The summed E-state index contributed by atoms with van der Waals surface area (Å²) in [6.07, 6.45) is 0.418. The number of aryl methyl sites for hydroxylation is 1. The standard InChI is InChI=1S/C14H18O2/c1-9(2)12-6-5-10(3)13(8-12)7-11(4)14(15)16/h5-6,8-9H,4,7H2,1-3H3,(H,15,16). The Balaban J connectivity index is 2.99. The number of hydrogen-bond donors (Lipinski definition) is 1. The van der Waals surface area contributed by atoms with Gasteiger partial charge in [0.05, 0.1) is 0 Å². The van der Waals surface area contributed by atoms with Crippen LogP contribution in [-0.2, 0) is 11.2 Å². The van der Waals surface area contributed by atoms with Gasteiger partial charge in [0.25, 0.3) is 0 Å². The fraction of sp³-hybridized carbons (Fsp3) is 0.357. The van der Waals surface area contributed by atoms with E-state index >= 15 is 0 Å². The molecule has 0 atom stereocenters. The fourth-order valence-electron chi connectivity index (χ4n) is 1.55. The second-order valence-electron chi connectivity index (χ2n) is 4.43. The van der Waals surface area contributed by atoms with Gasteiger partial charge in [-0.05, 0) is 29.5 Å². The summed E-state index contributed by atoms with van der Waals surface area (Å²) in [6.45, 7) is 9.81. The summed E-state index contributed by atoms with van der Waals surface area (Å²) in [5.74, 6) is -0.466. The van der Waals surface area contributed by atoms with Crippen molar-refractivity contribution in [2.24, 2.45) is 0 Å².